The summed E-state index contributed by atoms with van der Waals surface area (Å²) in [7, 11) is 1.37. The average Bonchev–Trinajstić information content (AvgIpc) is 2.88. The van der Waals surface area contributed by atoms with Gasteiger partial charge in [0.1, 0.15) is 11.6 Å². The minimum Gasteiger partial charge on any atom is -0.379 e. The molecule has 0 aliphatic carbocycles. The topological polar surface area (TPSA) is 64.1 Å². The van der Waals surface area contributed by atoms with Gasteiger partial charge in [0.2, 0.25) is 0 Å². The van der Waals surface area contributed by atoms with Crippen LogP contribution in [0.1, 0.15) is 5.56 Å². The van der Waals surface area contributed by atoms with E-state index in [0.29, 0.717) is 12.1 Å². The van der Waals surface area contributed by atoms with Crippen molar-refractivity contribution in [3.05, 3.63) is 61.3 Å². The number of nitrogens with one attached hydrogen (secondary N) is 1. The number of nitrogens with zero attached hydrogens (tertiary/aromatic N) is 1. The molecule has 2 heterocycles. The molecule has 1 aliphatic heterocycles. The Labute approximate surface area is 179 Å². The normalized spacial score (nSPS) is 16.5. The molecule has 3 aromatic rings. The number of H-pyrrole nitrogens is 1. The van der Waals surface area contributed by atoms with E-state index in [0.717, 1.165) is 22.4 Å². The number of aromatic amines is 1. The lowest BCUT2D eigenvalue weighted by Crippen LogP contribution is -2.34. The monoisotopic (exact) mass is 478 g/mol. The lowest BCUT2D eigenvalue weighted by molar-refractivity contribution is -0.137. The van der Waals surface area contributed by atoms with Crippen LogP contribution in [0, 0.1) is 11.6 Å². The van der Waals surface area contributed by atoms with Crippen LogP contribution < -0.4 is 11.2 Å². The molecule has 1 N–H and O–H groups in total. The zero-order valence-corrected chi connectivity index (χ0v) is 17.1. The van der Waals surface area contributed by atoms with Gasteiger partial charge in [-0.05, 0) is 12.1 Å². The summed E-state index contributed by atoms with van der Waals surface area (Å²) in [6, 6.07) is 1.71. The molecule has 1 atom stereocenters. The lowest BCUT2D eigenvalue weighted by atomic mass is 9.96. The number of rotatable bonds is 2. The van der Waals surface area contributed by atoms with Gasteiger partial charge in [-0.3, -0.25) is 14.3 Å². The maximum Gasteiger partial charge on any atom is 0.417 e. The largest absolute Gasteiger partial charge is 0.417 e. The van der Waals surface area contributed by atoms with Crippen molar-refractivity contribution in [3.63, 3.8) is 0 Å². The third kappa shape index (κ3) is 3.64. The minimum atomic E-state index is -4.99. The van der Waals surface area contributed by atoms with Crippen molar-refractivity contribution in [2.45, 2.75) is 23.7 Å². The molecule has 0 fully saturated rings. The smallest absolute Gasteiger partial charge is 0.379 e. The maximum absolute atomic E-state index is 14.7. The number of halogens is 6. The number of alkyl halides is 3. The Kier molecular flexibility index (Phi) is 5.39. The van der Waals surface area contributed by atoms with E-state index in [1.54, 1.807) is 0 Å². The predicted octanol–water partition coefficient (Wildman–Crippen LogP) is 4.43. The molecule has 1 aliphatic rings. The first kappa shape index (κ1) is 21.8. The van der Waals surface area contributed by atoms with Gasteiger partial charge in [0, 0.05) is 35.0 Å². The number of benzene rings is 2. The Morgan fingerprint density at radius 3 is 2.55 bits per heavy atom. The van der Waals surface area contributed by atoms with Crippen LogP contribution in [0.2, 0.25) is 5.02 Å². The molecule has 4 rings (SSSR count). The highest BCUT2D eigenvalue weighted by Crippen LogP contribution is 2.47. The van der Waals surface area contributed by atoms with Crippen molar-refractivity contribution in [2.24, 2.45) is 0 Å². The van der Waals surface area contributed by atoms with E-state index in [1.165, 1.54) is 7.11 Å². The molecule has 1 aromatic heterocycles. The van der Waals surface area contributed by atoms with Gasteiger partial charge in [-0.2, -0.15) is 13.2 Å². The average molecular weight is 479 g/mol. The van der Waals surface area contributed by atoms with Crippen LogP contribution in [-0.4, -0.2) is 28.5 Å². The van der Waals surface area contributed by atoms with Gasteiger partial charge in [0.25, 0.3) is 5.56 Å². The van der Waals surface area contributed by atoms with Gasteiger partial charge in [-0.1, -0.05) is 11.6 Å². The van der Waals surface area contributed by atoms with Gasteiger partial charge < -0.3 is 4.74 Å². The van der Waals surface area contributed by atoms with E-state index < -0.39 is 56.9 Å². The van der Waals surface area contributed by atoms with E-state index in [2.05, 4.69) is 0 Å². The second-order valence-corrected chi connectivity index (χ2v) is 8.24. The van der Waals surface area contributed by atoms with Crippen molar-refractivity contribution in [1.82, 2.24) is 9.55 Å². The van der Waals surface area contributed by atoms with Crippen molar-refractivity contribution in [2.75, 3.05) is 12.9 Å². The number of aromatic nitrogens is 2. The Hall–Kier alpha value is -2.37. The Morgan fingerprint density at radius 1 is 1.19 bits per heavy atom. The van der Waals surface area contributed by atoms with Crippen LogP contribution in [0.25, 0.3) is 22.0 Å². The standard InChI is InChI=1S/C19H12ClF5N2O3S/c1-30-7-5-27-15-9(17(28)26-18(27)29)2-10(19(23,24)25)14(16(15)31-6-7)8-3-11(20)13(22)4-12(8)21/h2-4,7H,5-6H2,1H3,(H,26,28,29)/t7-/m1/s1. The van der Waals surface area contributed by atoms with Crippen LogP contribution in [0.5, 0.6) is 0 Å². The molecule has 0 saturated carbocycles. The maximum atomic E-state index is 14.7. The van der Waals surface area contributed by atoms with Crippen LogP contribution in [0.3, 0.4) is 0 Å². The summed E-state index contributed by atoms with van der Waals surface area (Å²) in [5, 5.41) is -0.961. The fourth-order valence-electron chi connectivity index (χ4n) is 3.52. The van der Waals surface area contributed by atoms with Crippen LogP contribution >= 0.6 is 23.4 Å². The van der Waals surface area contributed by atoms with Crippen molar-refractivity contribution in [3.8, 4) is 11.1 Å². The molecular weight excluding hydrogens is 467 g/mol. The highest BCUT2D eigenvalue weighted by molar-refractivity contribution is 7.99. The van der Waals surface area contributed by atoms with Crippen LogP contribution in [0.15, 0.2) is 32.7 Å². The first-order valence-electron chi connectivity index (χ1n) is 8.74. The summed E-state index contributed by atoms with van der Waals surface area (Å²) in [4.78, 5) is 26.7. The molecule has 0 radical (unpaired) electrons. The van der Waals surface area contributed by atoms with Crippen molar-refractivity contribution >= 4 is 34.3 Å². The van der Waals surface area contributed by atoms with Crippen molar-refractivity contribution < 1.29 is 26.7 Å². The summed E-state index contributed by atoms with van der Waals surface area (Å²) in [6.07, 6.45) is -5.57. The lowest BCUT2D eigenvalue weighted by Gasteiger charge is -2.20. The third-order valence-electron chi connectivity index (χ3n) is 4.95. The predicted molar refractivity (Wildman–Crippen MR) is 106 cm³/mol. The molecule has 31 heavy (non-hydrogen) atoms. The number of ether oxygens (including phenoxy) is 1. The fraction of sp³-hybridized carbons (Fsp3) is 0.263. The fourth-order valence-corrected chi connectivity index (χ4v) is 5.00. The van der Waals surface area contributed by atoms with Gasteiger partial charge in [-0.15, -0.1) is 11.8 Å². The van der Waals surface area contributed by atoms with Gasteiger partial charge in [0.15, 0.2) is 0 Å². The molecule has 0 bridgehead atoms. The quantitative estimate of drug-likeness (QED) is 0.437. The van der Waals surface area contributed by atoms with E-state index in [1.807, 2.05) is 4.98 Å². The van der Waals surface area contributed by atoms with Gasteiger partial charge >= 0.3 is 11.9 Å². The summed E-state index contributed by atoms with van der Waals surface area (Å²) < 4.78 is 76.8. The number of methoxy groups -OCH3 is 1. The zero-order valence-electron chi connectivity index (χ0n) is 15.6. The summed E-state index contributed by atoms with van der Waals surface area (Å²) in [6.45, 7) is -0.0416. The molecule has 0 spiro atoms. The van der Waals surface area contributed by atoms with Crippen LogP contribution in [-0.2, 0) is 17.5 Å². The minimum absolute atomic E-state index is 0.0416. The second kappa shape index (κ2) is 7.64. The zero-order chi connectivity index (χ0) is 22.7. The third-order valence-corrected chi connectivity index (χ3v) is 6.47. The molecule has 0 unspecified atom stereocenters. The van der Waals surface area contributed by atoms with Gasteiger partial charge in [0.05, 0.1) is 34.1 Å². The second-order valence-electron chi connectivity index (χ2n) is 6.81. The number of hydrogen-bond donors (Lipinski definition) is 1. The summed E-state index contributed by atoms with van der Waals surface area (Å²) >= 11 is 6.61. The van der Waals surface area contributed by atoms with E-state index in [4.69, 9.17) is 16.3 Å². The Bertz CT molecular complexity index is 1340. The van der Waals surface area contributed by atoms with Crippen molar-refractivity contribution in [1.29, 1.82) is 0 Å². The SMILES string of the molecule is CO[C@H]1CSc2c(-c3cc(Cl)c(F)cc3F)c(C(F)(F)F)cc3c(=O)[nH]c(=O)n(c23)C1. The summed E-state index contributed by atoms with van der Waals surface area (Å²) in [5.41, 5.74) is -4.47. The van der Waals surface area contributed by atoms with E-state index in [-0.39, 0.29) is 28.1 Å². The summed E-state index contributed by atoms with van der Waals surface area (Å²) in [5.74, 6) is -2.29. The number of thioether (sulfide) groups is 1. The highest BCUT2D eigenvalue weighted by Gasteiger charge is 2.38. The Balaban J connectivity index is 2.24. The highest BCUT2D eigenvalue weighted by atomic mass is 35.5. The number of hydrogen-bond acceptors (Lipinski definition) is 4. The molecule has 164 valence electrons. The van der Waals surface area contributed by atoms with E-state index in [9.17, 15) is 31.5 Å². The molecular formula is C19H12ClF5N2O3S. The first-order chi connectivity index (χ1) is 14.5. The van der Waals surface area contributed by atoms with Crippen LogP contribution in [0.4, 0.5) is 22.0 Å². The first-order valence-corrected chi connectivity index (χ1v) is 10.1. The molecule has 5 nitrogen and oxygen atoms in total. The molecule has 2 aromatic carbocycles. The van der Waals surface area contributed by atoms with E-state index >= 15 is 0 Å². The van der Waals surface area contributed by atoms with Gasteiger partial charge in [-0.25, -0.2) is 13.6 Å². The molecule has 0 amide bonds. The molecule has 12 heteroatoms. The Morgan fingerprint density at radius 2 is 1.90 bits per heavy atom. The molecule has 0 saturated heterocycles.